The monoisotopic (exact) mass is 1370 g/mol. The molecule has 0 saturated carbocycles. The summed E-state index contributed by atoms with van der Waals surface area (Å²) in [5, 5.41) is 7.46. The Morgan fingerprint density at radius 3 is 1.35 bits per heavy atom. The van der Waals surface area contributed by atoms with Gasteiger partial charge in [0.2, 0.25) is 0 Å². The van der Waals surface area contributed by atoms with Crippen molar-refractivity contribution in [2.45, 2.75) is 172 Å². The van der Waals surface area contributed by atoms with Gasteiger partial charge < -0.3 is 34.6 Å². The molecule has 15 nitrogen and oxygen atoms in total. The number of carbonyl (C=O) groups is 7. The molecule has 21 heteroatoms. The number of alkyl carbamates (subject to hydrolysis) is 3. The largest absolute Gasteiger partial charge is 0.458 e. The highest BCUT2D eigenvalue weighted by Gasteiger charge is 2.38. The fourth-order valence-electron chi connectivity index (χ4n) is 9.45. The van der Waals surface area contributed by atoms with E-state index in [4.69, 9.17) is 30.2 Å². The van der Waals surface area contributed by atoms with Crippen LogP contribution < -0.4 is 21.4 Å². The number of Topliss-reactive ketones (excluding diaryl/α,β-unsaturated/α-hetero) is 3. The number of benzene rings is 6. The molecule has 0 aliphatic heterocycles. The van der Waals surface area contributed by atoms with E-state index in [-0.39, 0.29) is 59.5 Å². The normalized spacial score (nSPS) is 12.5. The van der Waals surface area contributed by atoms with Crippen LogP contribution in [-0.4, -0.2) is 69.8 Å². The van der Waals surface area contributed by atoms with E-state index in [2.05, 4.69) is 16.0 Å². The van der Waals surface area contributed by atoms with Gasteiger partial charge in [0.05, 0.1) is 40.6 Å². The van der Waals surface area contributed by atoms with Crippen molar-refractivity contribution in [2.24, 2.45) is 23.7 Å². The van der Waals surface area contributed by atoms with Crippen LogP contribution in [0.4, 0.5) is 36.3 Å². The Labute approximate surface area is 570 Å². The number of ether oxygens (including phenoxy) is 3. The van der Waals surface area contributed by atoms with Crippen molar-refractivity contribution < 1.29 is 74.1 Å². The zero-order chi connectivity index (χ0) is 72.0. The van der Waals surface area contributed by atoms with Gasteiger partial charge in [-0.1, -0.05) is 140 Å². The predicted octanol–water partition coefficient (Wildman–Crippen LogP) is 17.6. The number of fused-ring (bicyclic) bond motifs is 1. The third-order valence-corrected chi connectivity index (χ3v) is 14.1. The number of rotatable bonds is 20. The van der Waals surface area contributed by atoms with Crippen LogP contribution in [0, 0.1) is 52.8 Å². The summed E-state index contributed by atoms with van der Waals surface area (Å²) in [6.45, 7) is 26.9. The first-order valence-electron chi connectivity index (χ1n) is 31.3. The third kappa shape index (κ3) is 27.9. The summed E-state index contributed by atoms with van der Waals surface area (Å²) in [6, 6.07) is 35.1. The first kappa shape index (κ1) is 82.2. The SMILES string of the molecule is C.CC(C)[C@@H](NC(=O)OC(C)(C)C)C(=O)C(Cc1ccccc1)C(=O)c1ccc(F)cc1F.CC(C)[C@@H](NC(=O)OC(C)(C)C)C(=O)CCc1ccccc1.CC(C)[C@@H](NC(=O)OC(C)(C)C)c1oc2cc(F)ccc2c(=O)c1Cc1ccccc1.O=C(Cl)c1ccc(F)cc1F. The molecule has 0 spiro atoms. The summed E-state index contributed by atoms with van der Waals surface area (Å²) >= 11 is 4.96. The summed E-state index contributed by atoms with van der Waals surface area (Å²) in [7, 11) is 0. The number of aryl methyl sites for hydroxylation is 1. The van der Waals surface area contributed by atoms with E-state index >= 15 is 0 Å². The molecule has 97 heavy (non-hydrogen) atoms. The van der Waals surface area contributed by atoms with E-state index < -0.39 is 105 Å². The minimum atomic E-state index is -1.28. The number of hydrogen-bond acceptors (Lipinski definition) is 12. The first-order chi connectivity index (χ1) is 44.7. The Kier molecular flexibility index (Phi) is 31.7. The van der Waals surface area contributed by atoms with E-state index in [1.54, 1.807) is 106 Å². The van der Waals surface area contributed by atoms with Crippen LogP contribution in [0.5, 0.6) is 0 Å². The molecule has 1 aromatic heterocycles. The van der Waals surface area contributed by atoms with Gasteiger partial charge in [-0.05, 0) is 158 Å². The number of amides is 3. The topological polar surface area (TPSA) is 213 Å². The second kappa shape index (κ2) is 37.5. The quantitative estimate of drug-likeness (QED) is 0.0214. The molecule has 7 aromatic rings. The van der Waals surface area contributed by atoms with Crippen LogP contribution >= 0.6 is 11.6 Å². The van der Waals surface area contributed by atoms with Crippen LogP contribution in [-0.2, 0) is 43.1 Å². The summed E-state index contributed by atoms with van der Waals surface area (Å²) in [5.41, 5.74) is 0.378. The summed E-state index contributed by atoms with van der Waals surface area (Å²) in [4.78, 5) is 99.6. The van der Waals surface area contributed by atoms with Crippen molar-refractivity contribution in [3.8, 4) is 0 Å². The van der Waals surface area contributed by atoms with E-state index in [0.29, 0.717) is 53.7 Å². The number of nitrogens with one attached hydrogen (secondary N) is 3. The summed E-state index contributed by atoms with van der Waals surface area (Å²) in [5.74, 6) is -6.76. The molecule has 7 rings (SSSR count). The van der Waals surface area contributed by atoms with Crippen molar-refractivity contribution in [1.29, 1.82) is 0 Å². The van der Waals surface area contributed by atoms with Crippen molar-refractivity contribution in [2.75, 3.05) is 0 Å². The van der Waals surface area contributed by atoms with Gasteiger partial charge in [-0.3, -0.25) is 24.0 Å². The van der Waals surface area contributed by atoms with E-state index in [0.717, 1.165) is 35.4 Å². The molecule has 4 atom stereocenters. The molecule has 0 bridgehead atoms. The Hall–Kier alpha value is -9.04. The second-order valence-electron chi connectivity index (χ2n) is 26.7. The maximum atomic E-state index is 14.4. The Bertz CT molecular complexity index is 3830. The van der Waals surface area contributed by atoms with Crippen LogP contribution in [0.15, 0.2) is 155 Å². The van der Waals surface area contributed by atoms with E-state index in [1.807, 2.05) is 88.4 Å². The van der Waals surface area contributed by atoms with Crippen molar-refractivity contribution in [1.82, 2.24) is 16.0 Å². The lowest BCUT2D eigenvalue weighted by Gasteiger charge is -2.27. The predicted molar refractivity (Wildman–Crippen MR) is 367 cm³/mol. The maximum Gasteiger partial charge on any atom is 0.408 e. The molecule has 1 unspecified atom stereocenters. The van der Waals surface area contributed by atoms with Gasteiger partial charge in [0, 0.05) is 36.6 Å². The van der Waals surface area contributed by atoms with E-state index in [9.17, 15) is 60.3 Å². The minimum Gasteiger partial charge on any atom is -0.458 e. The molecule has 524 valence electrons. The Balaban J connectivity index is 0.000000354. The summed E-state index contributed by atoms with van der Waals surface area (Å²) in [6.07, 6.45) is -0.525. The molecule has 0 radical (unpaired) electrons. The molecule has 3 amide bonds. The molecule has 3 N–H and O–H groups in total. The van der Waals surface area contributed by atoms with Crippen molar-refractivity contribution >= 4 is 63.4 Å². The molecular weight excluding hydrogens is 1280 g/mol. The minimum absolute atomic E-state index is 0. The van der Waals surface area contributed by atoms with Gasteiger partial charge >= 0.3 is 18.3 Å². The highest BCUT2D eigenvalue weighted by molar-refractivity contribution is 6.67. The van der Waals surface area contributed by atoms with Crippen molar-refractivity contribution in [3.05, 3.63) is 224 Å². The van der Waals surface area contributed by atoms with Gasteiger partial charge in [-0.2, -0.15) is 0 Å². The average Bonchev–Trinajstić information content (AvgIpc) is 0.774. The van der Waals surface area contributed by atoms with Crippen LogP contribution in [0.2, 0.25) is 0 Å². The maximum absolute atomic E-state index is 14.4. The number of hydrogen-bond donors (Lipinski definition) is 3. The smallest absolute Gasteiger partial charge is 0.408 e. The lowest BCUT2D eigenvalue weighted by atomic mass is 9.82. The zero-order valence-electron chi connectivity index (χ0n) is 56.9. The van der Waals surface area contributed by atoms with Gasteiger partial charge in [0.25, 0.3) is 5.24 Å². The highest BCUT2D eigenvalue weighted by atomic mass is 35.5. The Morgan fingerprint density at radius 2 is 0.918 bits per heavy atom. The fraction of sp³-hybridized carbons (Fsp3) is 0.395. The van der Waals surface area contributed by atoms with Gasteiger partial charge in [-0.25, -0.2) is 36.3 Å². The zero-order valence-corrected chi connectivity index (χ0v) is 57.6. The van der Waals surface area contributed by atoms with Crippen LogP contribution in [0.25, 0.3) is 11.0 Å². The third-order valence-electron chi connectivity index (χ3n) is 13.9. The fourth-order valence-corrected chi connectivity index (χ4v) is 9.60. The van der Waals surface area contributed by atoms with Crippen LogP contribution in [0.3, 0.4) is 0 Å². The highest BCUT2D eigenvalue weighted by Crippen LogP contribution is 2.30. The average molecular weight is 1370 g/mol. The lowest BCUT2D eigenvalue weighted by molar-refractivity contribution is -0.124. The van der Waals surface area contributed by atoms with Crippen molar-refractivity contribution in [3.63, 3.8) is 0 Å². The Morgan fingerprint density at radius 1 is 0.505 bits per heavy atom. The van der Waals surface area contributed by atoms with Gasteiger partial charge in [-0.15, -0.1) is 0 Å². The molecule has 0 aliphatic carbocycles. The van der Waals surface area contributed by atoms with Gasteiger partial charge in [0.15, 0.2) is 22.8 Å². The lowest BCUT2D eigenvalue weighted by Crippen LogP contribution is -2.50. The number of ketones is 3. The molecule has 0 aliphatic rings. The molecule has 0 fully saturated rings. The van der Waals surface area contributed by atoms with Gasteiger partial charge in [0.1, 0.15) is 57.2 Å². The van der Waals surface area contributed by atoms with Crippen LogP contribution in [0.1, 0.15) is 172 Å². The van der Waals surface area contributed by atoms with E-state index in [1.165, 1.54) is 18.2 Å². The second-order valence-corrected chi connectivity index (χ2v) is 27.0. The first-order valence-corrected chi connectivity index (χ1v) is 31.7. The number of halogens is 6. The molecule has 6 aromatic carbocycles. The molecule has 0 saturated heterocycles. The number of carbonyl (C=O) groups excluding carboxylic acids is 7. The summed E-state index contributed by atoms with van der Waals surface area (Å²) < 4.78 is 88.3. The standard InChI is InChI=1S/C25H29F2NO4.C25H28FNO4.C18H27NO3.C7H3ClF2O.CH4/c1-15(2)21(28-24(31)32-25(3,4)5)23(30)19(13-16-9-7-6-8-10-16)22(29)18-12-11-17(26)14-20(18)27;1-15(2)21(27-24(29)31-25(3,4)5)23-19(13-16-9-7-6-8-10-16)22(28)18-12-11-17(26)14-20(18)30-23;1-13(2)16(19-17(21)22-18(3,4)5)15(20)12-11-14-9-7-6-8-10-14;8-7(11)5-2-1-4(9)3-6(5)10;/h6-12,14-15,19,21H,13H2,1-5H3,(H,28,31);6-12,14-15,21H,13H2,1-5H3,(H,27,29);6-10,13,16H,11-12H2,1-5H3,(H,19,21);1-3H;1H4/t19?,21-;21-;16-;;/m111../s1. The molecule has 1 heterocycles. The molecular formula is C76H91ClF5N3O12.